The van der Waals surface area contributed by atoms with E-state index in [1.165, 1.54) is 51.5 Å². The molecule has 28 heavy (non-hydrogen) atoms. The number of benzene rings is 1. The van der Waals surface area contributed by atoms with Crippen molar-refractivity contribution in [1.82, 2.24) is 14.6 Å². The van der Waals surface area contributed by atoms with Gasteiger partial charge in [-0.15, -0.1) is 0 Å². The van der Waals surface area contributed by atoms with Crippen molar-refractivity contribution in [3.8, 4) is 0 Å². The standard InChI is InChI=1S/C18H20ClN3O5S/c1-12(18(24)27-11-13-4-9-16(19)20-10-13)21-17(23)14-5-7-15(8-6-14)28(25,26)22(2)3/h4-10,12H,11H2,1-3H3,(H,21,23). The molecule has 0 fully saturated rings. The zero-order chi connectivity index (χ0) is 20.9. The predicted molar refractivity (Wildman–Crippen MR) is 103 cm³/mol. The largest absolute Gasteiger partial charge is 0.459 e. The molecule has 1 heterocycles. The molecule has 0 saturated carbocycles. The van der Waals surface area contributed by atoms with Gasteiger partial charge in [-0.05, 0) is 37.3 Å². The van der Waals surface area contributed by atoms with Crippen molar-refractivity contribution in [2.24, 2.45) is 0 Å². The Hall–Kier alpha value is -2.49. The summed E-state index contributed by atoms with van der Waals surface area (Å²) in [5, 5.41) is 2.85. The highest BCUT2D eigenvalue weighted by Crippen LogP contribution is 2.14. The number of sulfonamides is 1. The second-order valence-electron chi connectivity index (χ2n) is 6.10. The number of hydrogen-bond acceptors (Lipinski definition) is 6. The Labute approximate surface area is 168 Å². The highest BCUT2D eigenvalue weighted by Gasteiger charge is 2.20. The van der Waals surface area contributed by atoms with Gasteiger partial charge in [-0.25, -0.2) is 22.5 Å². The number of nitrogens with zero attached hydrogens (tertiary/aromatic N) is 2. The fourth-order valence-electron chi connectivity index (χ4n) is 2.10. The number of amides is 1. The minimum Gasteiger partial charge on any atom is -0.459 e. The smallest absolute Gasteiger partial charge is 0.328 e. The van der Waals surface area contributed by atoms with E-state index in [2.05, 4.69) is 10.3 Å². The lowest BCUT2D eigenvalue weighted by atomic mass is 10.2. The van der Waals surface area contributed by atoms with E-state index in [4.69, 9.17) is 16.3 Å². The topological polar surface area (TPSA) is 106 Å². The van der Waals surface area contributed by atoms with E-state index in [0.29, 0.717) is 10.7 Å². The third kappa shape index (κ3) is 5.51. The van der Waals surface area contributed by atoms with Crippen molar-refractivity contribution in [2.75, 3.05) is 14.1 Å². The molecule has 0 spiro atoms. The highest BCUT2D eigenvalue weighted by molar-refractivity contribution is 7.89. The maximum Gasteiger partial charge on any atom is 0.328 e. The molecule has 0 bridgehead atoms. The van der Waals surface area contributed by atoms with Crippen LogP contribution in [0, 0.1) is 0 Å². The number of ether oxygens (including phenoxy) is 1. The Morgan fingerprint density at radius 1 is 1.18 bits per heavy atom. The predicted octanol–water partition coefficient (Wildman–Crippen LogP) is 1.85. The van der Waals surface area contributed by atoms with Crippen LogP contribution in [-0.2, 0) is 26.2 Å². The van der Waals surface area contributed by atoms with Crippen molar-refractivity contribution >= 4 is 33.5 Å². The molecule has 2 rings (SSSR count). The van der Waals surface area contributed by atoms with Crippen LogP contribution in [0.15, 0.2) is 47.5 Å². The van der Waals surface area contributed by atoms with Crippen molar-refractivity contribution in [3.63, 3.8) is 0 Å². The van der Waals surface area contributed by atoms with Crippen LogP contribution in [-0.4, -0.2) is 49.7 Å². The second kappa shape index (κ2) is 9.13. The van der Waals surface area contributed by atoms with Gasteiger partial charge < -0.3 is 10.1 Å². The van der Waals surface area contributed by atoms with E-state index in [9.17, 15) is 18.0 Å². The molecule has 8 nitrogen and oxygen atoms in total. The molecular formula is C18H20ClN3O5S. The van der Waals surface area contributed by atoms with Gasteiger partial charge in [0.15, 0.2) is 0 Å². The molecular weight excluding hydrogens is 406 g/mol. The molecule has 2 aromatic rings. The molecule has 0 aliphatic carbocycles. The first kappa shape index (κ1) is 21.8. The molecule has 1 atom stereocenters. The summed E-state index contributed by atoms with van der Waals surface area (Å²) in [6, 6.07) is 7.79. The summed E-state index contributed by atoms with van der Waals surface area (Å²) >= 11 is 5.69. The monoisotopic (exact) mass is 425 g/mol. The van der Waals surface area contributed by atoms with Crippen LogP contribution < -0.4 is 5.32 Å². The van der Waals surface area contributed by atoms with Crippen LogP contribution in [0.2, 0.25) is 5.15 Å². The maximum absolute atomic E-state index is 12.3. The highest BCUT2D eigenvalue weighted by atomic mass is 35.5. The van der Waals surface area contributed by atoms with Crippen LogP contribution in [0.3, 0.4) is 0 Å². The summed E-state index contributed by atoms with van der Waals surface area (Å²) in [6.07, 6.45) is 1.49. The number of esters is 1. The van der Waals surface area contributed by atoms with Gasteiger partial charge in [0.2, 0.25) is 10.0 Å². The first-order chi connectivity index (χ1) is 13.1. The fourth-order valence-corrected chi connectivity index (χ4v) is 3.11. The van der Waals surface area contributed by atoms with E-state index < -0.39 is 27.9 Å². The van der Waals surface area contributed by atoms with Gasteiger partial charge in [-0.3, -0.25) is 4.79 Å². The summed E-state index contributed by atoms with van der Waals surface area (Å²) < 4.78 is 30.3. The third-order valence-electron chi connectivity index (χ3n) is 3.77. The van der Waals surface area contributed by atoms with Crippen LogP contribution in [0.1, 0.15) is 22.8 Å². The van der Waals surface area contributed by atoms with Gasteiger partial charge in [0.05, 0.1) is 4.90 Å². The van der Waals surface area contributed by atoms with Gasteiger partial charge in [0, 0.05) is 31.4 Å². The van der Waals surface area contributed by atoms with Gasteiger partial charge >= 0.3 is 5.97 Å². The Morgan fingerprint density at radius 2 is 1.82 bits per heavy atom. The van der Waals surface area contributed by atoms with Crippen LogP contribution in [0.4, 0.5) is 0 Å². The maximum atomic E-state index is 12.3. The minimum absolute atomic E-state index is 0.000302. The molecule has 0 aliphatic rings. The first-order valence-electron chi connectivity index (χ1n) is 8.22. The van der Waals surface area contributed by atoms with Gasteiger partial charge in [-0.2, -0.15) is 0 Å². The van der Waals surface area contributed by atoms with Gasteiger partial charge in [-0.1, -0.05) is 17.7 Å². The molecule has 10 heteroatoms. The quantitative estimate of drug-likeness (QED) is 0.536. The Morgan fingerprint density at radius 3 is 2.36 bits per heavy atom. The molecule has 1 N–H and O–H groups in total. The number of hydrogen-bond donors (Lipinski definition) is 1. The van der Waals surface area contributed by atoms with Crippen LogP contribution in [0.5, 0.6) is 0 Å². The summed E-state index contributed by atoms with van der Waals surface area (Å²) in [5.41, 5.74) is 0.883. The zero-order valence-corrected chi connectivity index (χ0v) is 17.1. The first-order valence-corrected chi connectivity index (χ1v) is 10.0. The lowest BCUT2D eigenvalue weighted by molar-refractivity contribution is -0.146. The van der Waals surface area contributed by atoms with E-state index in [0.717, 1.165) is 4.31 Å². The van der Waals surface area contributed by atoms with Crippen LogP contribution in [0.25, 0.3) is 0 Å². The molecule has 1 aromatic heterocycles. The van der Waals surface area contributed by atoms with Crippen molar-refractivity contribution in [1.29, 1.82) is 0 Å². The van der Waals surface area contributed by atoms with E-state index in [1.54, 1.807) is 12.1 Å². The molecule has 150 valence electrons. The lowest BCUT2D eigenvalue weighted by Crippen LogP contribution is -2.39. The number of carbonyl (C=O) groups is 2. The number of pyridine rings is 1. The SMILES string of the molecule is CC(NC(=O)c1ccc(S(=O)(=O)N(C)C)cc1)C(=O)OCc1ccc(Cl)nc1. The zero-order valence-electron chi connectivity index (χ0n) is 15.5. The third-order valence-corrected chi connectivity index (χ3v) is 5.82. The van der Waals surface area contributed by atoms with Crippen molar-refractivity contribution in [3.05, 3.63) is 58.9 Å². The summed E-state index contributed by atoms with van der Waals surface area (Å²) in [7, 11) is -0.738. The summed E-state index contributed by atoms with van der Waals surface area (Å²) in [5.74, 6) is -1.14. The number of aromatic nitrogens is 1. The number of rotatable bonds is 7. The Kier molecular flexibility index (Phi) is 7.11. The Balaban J connectivity index is 1.94. The average molecular weight is 426 g/mol. The summed E-state index contributed by atoms with van der Waals surface area (Å²) in [4.78, 5) is 28.3. The number of nitrogens with one attached hydrogen (secondary N) is 1. The number of halogens is 1. The molecule has 1 unspecified atom stereocenters. The fraction of sp³-hybridized carbons (Fsp3) is 0.278. The normalized spacial score (nSPS) is 12.5. The average Bonchev–Trinajstić information content (AvgIpc) is 2.67. The molecule has 0 radical (unpaired) electrons. The summed E-state index contributed by atoms with van der Waals surface area (Å²) in [6.45, 7) is 1.49. The molecule has 0 saturated heterocycles. The lowest BCUT2D eigenvalue weighted by Gasteiger charge is -2.14. The van der Waals surface area contributed by atoms with E-state index >= 15 is 0 Å². The van der Waals surface area contributed by atoms with Crippen LogP contribution >= 0.6 is 11.6 Å². The van der Waals surface area contributed by atoms with E-state index in [1.807, 2.05) is 0 Å². The minimum atomic E-state index is -3.58. The van der Waals surface area contributed by atoms with Crippen molar-refractivity contribution in [2.45, 2.75) is 24.5 Å². The van der Waals surface area contributed by atoms with Gasteiger partial charge in [0.1, 0.15) is 17.8 Å². The molecule has 1 aromatic carbocycles. The second-order valence-corrected chi connectivity index (χ2v) is 8.64. The Bertz CT molecular complexity index is 944. The molecule has 1 amide bonds. The van der Waals surface area contributed by atoms with E-state index in [-0.39, 0.29) is 17.1 Å². The van der Waals surface area contributed by atoms with Crippen molar-refractivity contribution < 1.29 is 22.7 Å². The van der Waals surface area contributed by atoms with Gasteiger partial charge in [0.25, 0.3) is 5.91 Å². The molecule has 0 aliphatic heterocycles. The number of carbonyl (C=O) groups excluding carboxylic acids is 2.